The zero-order valence-corrected chi connectivity index (χ0v) is 12.0. The first-order valence-electron chi connectivity index (χ1n) is 7.40. The van der Waals surface area contributed by atoms with Crippen molar-refractivity contribution >= 4 is 5.91 Å². The van der Waals surface area contributed by atoms with E-state index in [0.29, 0.717) is 18.0 Å². The fourth-order valence-corrected chi connectivity index (χ4v) is 3.25. The Balaban J connectivity index is 1.85. The minimum absolute atomic E-state index is 0.0569. The minimum atomic E-state index is 0.0569. The SMILES string of the molecule is CCN1CCCC1CN1CCC(NC(C)C)C1=O. The van der Waals surface area contributed by atoms with Crippen LogP contribution in [0.2, 0.25) is 0 Å². The molecule has 2 saturated heterocycles. The summed E-state index contributed by atoms with van der Waals surface area (Å²) in [5.41, 5.74) is 0. The van der Waals surface area contributed by atoms with Crippen LogP contribution in [0.4, 0.5) is 0 Å². The Labute approximate surface area is 111 Å². The second kappa shape index (κ2) is 6.02. The van der Waals surface area contributed by atoms with Gasteiger partial charge in [-0.25, -0.2) is 0 Å². The van der Waals surface area contributed by atoms with Crippen LogP contribution < -0.4 is 5.32 Å². The van der Waals surface area contributed by atoms with Gasteiger partial charge in [0.25, 0.3) is 0 Å². The molecular formula is C14H27N3O. The van der Waals surface area contributed by atoms with E-state index in [1.54, 1.807) is 0 Å². The van der Waals surface area contributed by atoms with Crippen molar-refractivity contribution in [3.8, 4) is 0 Å². The second-order valence-corrected chi connectivity index (χ2v) is 5.87. The summed E-state index contributed by atoms with van der Waals surface area (Å²) in [6.07, 6.45) is 3.50. The fraction of sp³-hybridized carbons (Fsp3) is 0.929. The molecule has 0 spiro atoms. The molecule has 2 aliphatic heterocycles. The van der Waals surface area contributed by atoms with Gasteiger partial charge in [-0.3, -0.25) is 9.69 Å². The van der Waals surface area contributed by atoms with Crippen molar-refractivity contribution in [3.05, 3.63) is 0 Å². The van der Waals surface area contributed by atoms with Gasteiger partial charge in [0.1, 0.15) is 0 Å². The summed E-state index contributed by atoms with van der Waals surface area (Å²) in [6.45, 7) is 10.6. The van der Waals surface area contributed by atoms with Gasteiger partial charge in [0.2, 0.25) is 5.91 Å². The lowest BCUT2D eigenvalue weighted by atomic mass is 10.2. The summed E-state index contributed by atoms with van der Waals surface area (Å²) in [4.78, 5) is 16.8. The Hall–Kier alpha value is -0.610. The standard InChI is InChI=1S/C14H27N3O/c1-4-16-8-5-6-12(16)10-17-9-7-13(14(17)18)15-11(2)3/h11-13,15H,4-10H2,1-3H3. The highest BCUT2D eigenvalue weighted by Crippen LogP contribution is 2.20. The van der Waals surface area contributed by atoms with Gasteiger partial charge in [-0.1, -0.05) is 20.8 Å². The summed E-state index contributed by atoms with van der Waals surface area (Å²) in [7, 11) is 0. The van der Waals surface area contributed by atoms with Crippen molar-refractivity contribution in [3.63, 3.8) is 0 Å². The number of likely N-dealkylation sites (tertiary alicyclic amines) is 2. The Bertz CT molecular complexity index is 293. The van der Waals surface area contributed by atoms with E-state index in [4.69, 9.17) is 0 Å². The molecule has 2 unspecified atom stereocenters. The lowest BCUT2D eigenvalue weighted by Gasteiger charge is -2.27. The van der Waals surface area contributed by atoms with Crippen LogP contribution in [0.15, 0.2) is 0 Å². The first-order chi connectivity index (χ1) is 8.61. The summed E-state index contributed by atoms with van der Waals surface area (Å²) >= 11 is 0. The molecule has 0 radical (unpaired) electrons. The molecule has 0 aromatic rings. The largest absolute Gasteiger partial charge is 0.340 e. The van der Waals surface area contributed by atoms with Crippen LogP contribution in [0.3, 0.4) is 0 Å². The molecule has 0 aromatic carbocycles. The van der Waals surface area contributed by atoms with Crippen LogP contribution in [0.1, 0.15) is 40.0 Å². The van der Waals surface area contributed by atoms with Crippen LogP contribution in [0, 0.1) is 0 Å². The third-order valence-corrected chi connectivity index (χ3v) is 4.17. The number of carbonyl (C=O) groups excluding carboxylic acids is 1. The summed E-state index contributed by atoms with van der Waals surface area (Å²) < 4.78 is 0. The number of hydrogen-bond donors (Lipinski definition) is 1. The number of amides is 1. The van der Waals surface area contributed by atoms with E-state index in [0.717, 1.165) is 26.1 Å². The minimum Gasteiger partial charge on any atom is -0.340 e. The third-order valence-electron chi connectivity index (χ3n) is 4.17. The van der Waals surface area contributed by atoms with Gasteiger partial charge in [-0.2, -0.15) is 0 Å². The zero-order valence-electron chi connectivity index (χ0n) is 12.0. The molecule has 2 atom stereocenters. The van der Waals surface area contributed by atoms with Crippen molar-refractivity contribution in [1.29, 1.82) is 0 Å². The molecule has 4 nitrogen and oxygen atoms in total. The van der Waals surface area contributed by atoms with Crippen LogP contribution in [-0.2, 0) is 4.79 Å². The van der Waals surface area contributed by atoms with Crippen molar-refractivity contribution in [2.24, 2.45) is 0 Å². The van der Waals surface area contributed by atoms with E-state index in [9.17, 15) is 4.79 Å². The molecule has 0 bridgehead atoms. The van der Waals surface area contributed by atoms with E-state index < -0.39 is 0 Å². The van der Waals surface area contributed by atoms with E-state index in [1.165, 1.54) is 19.4 Å². The highest BCUT2D eigenvalue weighted by molar-refractivity contribution is 5.84. The first kappa shape index (κ1) is 13.8. The van der Waals surface area contributed by atoms with Gasteiger partial charge < -0.3 is 10.2 Å². The van der Waals surface area contributed by atoms with E-state index in [2.05, 4.69) is 35.9 Å². The van der Waals surface area contributed by atoms with Crippen LogP contribution in [0.5, 0.6) is 0 Å². The fourth-order valence-electron chi connectivity index (χ4n) is 3.25. The molecule has 0 aliphatic carbocycles. The summed E-state index contributed by atoms with van der Waals surface area (Å²) in [5.74, 6) is 0.312. The van der Waals surface area contributed by atoms with Gasteiger partial charge in [0, 0.05) is 25.2 Å². The van der Waals surface area contributed by atoms with E-state index in [-0.39, 0.29) is 6.04 Å². The molecule has 2 aliphatic rings. The lowest BCUT2D eigenvalue weighted by Crippen LogP contribution is -2.45. The predicted molar refractivity (Wildman–Crippen MR) is 73.5 cm³/mol. The van der Waals surface area contributed by atoms with Crippen LogP contribution in [-0.4, -0.2) is 60.0 Å². The number of nitrogens with zero attached hydrogens (tertiary/aromatic N) is 2. The molecule has 2 rings (SSSR count). The molecule has 4 heteroatoms. The van der Waals surface area contributed by atoms with Crippen molar-refractivity contribution in [2.75, 3.05) is 26.2 Å². The average molecular weight is 253 g/mol. The number of likely N-dealkylation sites (N-methyl/N-ethyl adjacent to an activating group) is 1. The summed E-state index contributed by atoms with van der Waals surface area (Å²) in [6, 6.07) is 1.04. The number of carbonyl (C=O) groups is 1. The van der Waals surface area contributed by atoms with E-state index in [1.807, 2.05) is 0 Å². The highest BCUT2D eigenvalue weighted by atomic mass is 16.2. The Kier molecular flexibility index (Phi) is 4.62. The van der Waals surface area contributed by atoms with Crippen molar-refractivity contribution in [1.82, 2.24) is 15.1 Å². The average Bonchev–Trinajstić information content (AvgIpc) is 2.90. The van der Waals surface area contributed by atoms with Crippen LogP contribution >= 0.6 is 0 Å². The third kappa shape index (κ3) is 3.04. The zero-order chi connectivity index (χ0) is 13.1. The predicted octanol–water partition coefficient (Wildman–Crippen LogP) is 1.07. The maximum absolute atomic E-state index is 12.3. The van der Waals surface area contributed by atoms with Crippen molar-refractivity contribution < 1.29 is 4.79 Å². The number of hydrogen-bond acceptors (Lipinski definition) is 3. The topological polar surface area (TPSA) is 35.6 Å². The van der Waals surface area contributed by atoms with Gasteiger partial charge in [-0.15, -0.1) is 0 Å². The molecule has 1 N–H and O–H groups in total. The molecule has 104 valence electrons. The van der Waals surface area contributed by atoms with Gasteiger partial charge in [0.15, 0.2) is 0 Å². The second-order valence-electron chi connectivity index (χ2n) is 5.87. The quantitative estimate of drug-likeness (QED) is 0.796. The van der Waals surface area contributed by atoms with Crippen molar-refractivity contribution in [2.45, 2.75) is 58.2 Å². The maximum atomic E-state index is 12.3. The molecule has 1 amide bonds. The Morgan fingerprint density at radius 2 is 2.11 bits per heavy atom. The molecule has 18 heavy (non-hydrogen) atoms. The van der Waals surface area contributed by atoms with E-state index >= 15 is 0 Å². The lowest BCUT2D eigenvalue weighted by molar-refractivity contribution is -0.130. The van der Waals surface area contributed by atoms with Crippen LogP contribution in [0.25, 0.3) is 0 Å². The van der Waals surface area contributed by atoms with Gasteiger partial charge >= 0.3 is 0 Å². The molecular weight excluding hydrogens is 226 g/mol. The summed E-state index contributed by atoms with van der Waals surface area (Å²) in [5, 5.41) is 3.37. The molecule has 2 heterocycles. The normalized spacial score (nSPS) is 29.8. The first-order valence-corrected chi connectivity index (χ1v) is 7.40. The Morgan fingerprint density at radius 3 is 2.78 bits per heavy atom. The maximum Gasteiger partial charge on any atom is 0.239 e. The van der Waals surface area contributed by atoms with Gasteiger partial charge in [0.05, 0.1) is 6.04 Å². The monoisotopic (exact) mass is 253 g/mol. The molecule has 0 aromatic heterocycles. The molecule has 2 fully saturated rings. The van der Waals surface area contributed by atoms with Gasteiger partial charge in [-0.05, 0) is 32.4 Å². The Morgan fingerprint density at radius 1 is 1.33 bits per heavy atom. The highest BCUT2D eigenvalue weighted by Gasteiger charge is 2.34. The number of rotatable bonds is 5. The smallest absolute Gasteiger partial charge is 0.239 e. The molecule has 0 saturated carbocycles. The number of nitrogens with one attached hydrogen (secondary N) is 1.